The van der Waals surface area contributed by atoms with Crippen molar-refractivity contribution < 1.29 is 23.8 Å². The Morgan fingerprint density at radius 2 is 1.80 bits per heavy atom. The number of likely N-dealkylation sites (tertiary alicyclic amines) is 1. The van der Waals surface area contributed by atoms with E-state index in [1.807, 2.05) is 6.20 Å². The van der Waals surface area contributed by atoms with Gasteiger partial charge in [0.05, 0.1) is 42.6 Å². The van der Waals surface area contributed by atoms with Crippen LogP contribution >= 0.6 is 0 Å². The molecular formula is C50H77N9O5. The van der Waals surface area contributed by atoms with E-state index in [9.17, 15) is 9.59 Å². The van der Waals surface area contributed by atoms with Crippen molar-refractivity contribution in [3.8, 4) is 11.3 Å². The number of aryl methyl sites for hydroxylation is 1. The number of amides is 1. The number of esters is 1. The lowest BCUT2D eigenvalue weighted by molar-refractivity contribution is -0.144. The number of anilines is 2. The second-order valence-corrected chi connectivity index (χ2v) is 20.4. The number of fused-ring (bicyclic) bond motifs is 1. The van der Waals surface area contributed by atoms with Crippen LogP contribution in [0, 0.1) is 10.8 Å². The summed E-state index contributed by atoms with van der Waals surface area (Å²) < 4.78 is 19.9. The molecular weight excluding hydrogens is 807 g/mol. The summed E-state index contributed by atoms with van der Waals surface area (Å²) in [5.41, 5.74) is 18.1. The second-order valence-electron chi connectivity index (χ2n) is 20.4. The molecule has 2 aliphatic carbocycles. The fraction of sp³-hybridized carbons (Fsp3) is 0.700. The average molecular weight is 884 g/mol. The fourth-order valence-electron chi connectivity index (χ4n) is 11.0. The zero-order valence-electron chi connectivity index (χ0n) is 40.0. The molecule has 3 unspecified atom stereocenters. The van der Waals surface area contributed by atoms with Crippen LogP contribution < -0.4 is 21.0 Å². The summed E-state index contributed by atoms with van der Waals surface area (Å²) in [4.78, 5) is 41.4. The lowest BCUT2D eigenvalue weighted by Crippen LogP contribution is -2.68. The minimum absolute atomic E-state index is 0.000184. The van der Waals surface area contributed by atoms with Crippen LogP contribution in [0.3, 0.4) is 0 Å². The van der Waals surface area contributed by atoms with Gasteiger partial charge in [-0.05, 0) is 100 Å². The monoisotopic (exact) mass is 884 g/mol. The summed E-state index contributed by atoms with van der Waals surface area (Å²) in [5, 5.41) is 2.94. The first-order valence-electron chi connectivity index (χ1n) is 24.4. The molecule has 5 heterocycles. The van der Waals surface area contributed by atoms with E-state index in [0.29, 0.717) is 38.1 Å². The van der Waals surface area contributed by atoms with E-state index in [-0.39, 0.29) is 29.4 Å². The van der Waals surface area contributed by atoms with Crippen molar-refractivity contribution in [3.05, 3.63) is 41.7 Å². The van der Waals surface area contributed by atoms with Crippen LogP contribution in [0.15, 0.2) is 30.5 Å². The predicted octanol–water partition coefficient (Wildman–Crippen LogP) is 6.00. The van der Waals surface area contributed by atoms with E-state index < -0.39 is 6.04 Å². The summed E-state index contributed by atoms with van der Waals surface area (Å²) in [5.74, 6) is -0.275. The molecule has 64 heavy (non-hydrogen) atoms. The molecule has 3 atom stereocenters. The Labute approximate surface area is 382 Å². The van der Waals surface area contributed by atoms with Crippen molar-refractivity contribution in [1.29, 1.82) is 0 Å². The number of rotatable bonds is 20. The van der Waals surface area contributed by atoms with Gasteiger partial charge in [0.2, 0.25) is 0 Å². The zero-order valence-corrected chi connectivity index (χ0v) is 40.0. The van der Waals surface area contributed by atoms with Crippen molar-refractivity contribution in [2.45, 2.75) is 123 Å². The third kappa shape index (κ3) is 10.1. The number of hydrogen-bond donors (Lipinski definition) is 2. The smallest absolute Gasteiger partial charge is 0.302 e. The Balaban J connectivity index is 1.17. The van der Waals surface area contributed by atoms with Gasteiger partial charge in [-0.15, -0.1) is 0 Å². The molecule has 3 aromatic rings. The molecule has 2 aromatic heterocycles. The van der Waals surface area contributed by atoms with Crippen molar-refractivity contribution in [2.24, 2.45) is 16.6 Å². The van der Waals surface area contributed by atoms with E-state index in [1.54, 1.807) is 19.2 Å². The van der Waals surface area contributed by atoms with Gasteiger partial charge in [0, 0.05) is 133 Å². The van der Waals surface area contributed by atoms with Crippen molar-refractivity contribution in [1.82, 2.24) is 29.8 Å². The number of ether oxygens (including phenoxy) is 3. The topological polar surface area (TPSA) is 134 Å². The quantitative estimate of drug-likeness (QED) is 0.129. The van der Waals surface area contributed by atoms with Gasteiger partial charge >= 0.3 is 5.97 Å². The van der Waals surface area contributed by atoms with Crippen molar-refractivity contribution >= 4 is 34.2 Å². The van der Waals surface area contributed by atoms with Gasteiger partial charge in [0.15, 0.2) is 0 Å². The highest BCUT2D eigenvalue weighted by Gasteiger charge is 2.51. The lowest BCUT2D eigenvalue weighted by atomic mass is 9.63. The minimum atomic E-state index is -0.614. The van der Waals surface area contributed by atoms with Crippen LogP contribution in [0.4, 0.5) is 11.4 Å². The molecule has 3 aliphatic heterocycles. The highest BCUT2D eigenvalue weighted by Crippen LogP contribution is 2.49. The van der Waals surface area contributed by atoms with Crippen LogP contribution in [0.5, 0.6) is 0 Å². The van der Waals surface area contributed by atoms with E-state index >= 15 is 0 Å². The molecule has 352 valence electrons. The Bertz CT molecular complexity index is 2080. The van der Waals surface area contributed by atoms with E-state index in [4.69, 9.17) is 24.9 Å². The van der Waals surface area contributed by atoms with Gasteiger partial charge in [0.1, 0.15) is 6.04 Å². The van der Waals surface area contributed by atoms with Gasteiger partial charge < -0.3 is 34.3 Å². The maximum absolute atomic E-state index is 13.9. The van der Waals surface area contributed by atoms with Crippen molar-refractivity contribution in [3.63, 3.8) is 0 Å². The highest BCUT2D eigenvalue weighted by molar-refractivity contribution is 5.95. The van der Waals surface area contributed by atoms with Gasteiger partial charge in [-0.2, -0.15) is 0 Å². The highest BCUT2D eigenvalue weighted by atomic mass is 16.5. The number of benzene rings is 1. The number of carbonyl (C=O) groups excluding carboxylic acids is 2. The summed E-state index contributed by atoms with van der Waals surface area (Å²) >= 11 is 0. The number of nitrogens with one attached hydrogen (secondary N) is 1. The summed E-state index contributed by atoms with van der Waals surface area (Å²) in [7, 11) is 3.51. The molecule has 1 aromatic carbocycles. The average Bonchev–Trinajstić information content (AvgIpc) is 4.09. The van der Waals surface area contributed by atoms with Crippen LogP contribution in [0.1, 0.15) is 103 Å². The number of carbonyl (C=O) groups is 2. The molecule has 5 aliphatic rings. The number of piperazine rings is 1. The van der Waals surface area contributed by atoms with E-state index in [1.165, 1.54) is 50.0 Å². The van der Waals surface area contributed by atoms with Crippen LogP contribution in [-0.4, -0.2) is 147 Å². The molecule has 3 saturated heterocycles. The first kappa shape index (κ1) is 46.7. The Morgan fingerprint density at radius 3 is 2.42 bits per heavy atom. The van der Waals surface area contributed by atoms with Crippen LogP contribution in [-0.2, 0) is 36.8 Å². The molecule has 8 rings (SSSR count). The number of nitrogens with zero attached hydrogens (tertiary/aromatic N) is 7. The van der Waals surface area contributed by atoms with Crippen molar-refractivity contribution in [2.75, 3.05) is 103 Å². The molecule has 1 amide bonds. The summed E-state index contributed by atoms with van der Waals surface area (Å²) in [6, 6.07) is 9.32. The lowest BCUT2D eigenvalue weighted by Gasteiger charge is -2.59. The second kappa shape index (κ2) is 20.0. The largest absolute Gasteiger partial charge is 0.465 e. The van der Waals surface area contributed by atoms with Crippen LogP contribution in [0.25, 0.3) is 22.2 Å². The number of aromatic nitrogens is 2. The van der Waals surface area contributed by atoms with E-state index in [0.717, 1.165) is 118 Å². The van der Waals surface area contributed by atoms with Gasteiger partial charge in [0.25, 0.3) is 5.91 Å². The van der Waals surface area contributed by atoms with Gasteiger partial charge in [-0.3, -0.25) is 29.4 Å². The molecule has 3 N–H and O–H groups in total. The maximum Gasteiger partial charge on any atom is 0.302 e. The third-order valence-corrected chi connectivity index (χ3v) is 15.1. The SMILES string of the molecule is CCn1c(-c2cc(N3CCN(C4CC4)CC3)cnc2C(C)OC)c(CC(C)(C)COC(C)=O)c2cc(N(CCOC)CCC(C(N)C(=O)N3CCCCN3)N3CC4(CCC4)C3)ccc21. The summed E-state index contributed by atoms with van der Waals surface area (Å²) in [6.07, 6.45) is 11.8. The predicted molar refractivity (Wildman–Crippen MR) is 254 cm³/mol. The Kier molecular flexibility index (Phi) is 14.6. The number of methoxy groups -OCH3 is 2. The zero-order chi connectivity index (χ0) is 45.2. The third-order valence-electron chi connectivity index (χ3n) is 15.1. The van der Waals surface area contributed by atoms with Gasteiger partial charge in [-0.25, -0.2) is 5.43 Å². The molecule has 2 saturated carbocycles. The number of nitrogens with two attached hydrogens (primary N) is 1. The molecule has 14 heteroatoms. The first-order chi connectivity index (χ1) is 30.8. The molecule has 5 fully saturated rings. The standard InChI is InChI=1S/C50H77N9O5/c1-8-58-43-15-14-38(54(26-27-62-6)21-16-44(57-32-50(33-57)17-11-18-50)45(51)48(61)59-20-10-9-19-53-59)28-40(43)42(30-49(4,5)34-64-36(3)60)47(58)41-29-39(31-52-46(41)35(2)63-7)56-24-22-55(23-25-56)37-12-13-37/h14-15,28-29,31,35,37,44-45,53H,8-13,16-27,30,32-34,51H2,1-7H3. The summed E-state index contributed by atoms with van der Waals surface area (Å²) in [6.45, 7) is 20.8. The van der Waals surface area contributed by atoms with Crippen LogP contribution in [0.2, 0.25) is 0 Å². The maximum atomic E-state index is 13.9. The number of pyridine rings is 1. The number of hydrogen-bond acceptors (Lipinski definition) is 12. The minimum Gasteiger partial charge on any atom is -0.465 e. The molecule has 0 bridgehead atoms. The van der Waals surface area contributed by atoms with Gasteiger partial charge in [-0.1, -0.05) is 20.3 Å². The number of hydrazine groups is 1. The molecule has 14 nitrogen and oxygen atoms in total. The fourth-order valence-corrected chi connectivity index (χ4v) is 11.0. The molecule has 1 spiro atoms. The van der Waals surface area contributed by atoms with E-state index in [2.05, 4.69) is 81.6 Å². The molecule has 0 radical (unpaired) electrons. The normalized spacial score (nSPS) is 20.8. The Hall–Kier alpha value is -3.79. The first-order valence-corrected chi connectivity index (χ1v) is 24.4. The Morgan fingerprint density at radius 1 is 1.03 bits per heavy atom.